The number of nitrogens with one attached hydrogen (secondary N) is 2. The molecular formula is C19H17N5O5. The molecule has 3 rings (SSSR count). The third kappa shape index (κ3) is 4.75. The maximum atomic E-state index is 11.7. The largest absolute Gasteiger partial charge is 0.493 e. The molecular weight excluding hydrogens is 378 g/mol. The number of nitro groups is 1. The van der Waals surface area contributed by atoms with Gasteiger partial charge in [0.05, 0.1) is 12.0 Å². The average Bonchev–Trinajstić information content (AvgIpc) is 2.69. The van der Waals surface area contributed by atoms with Crippen LogP contribution in [0.2, 0.25) is 0 Å². The van der Waals surface area contributed by atoms with Gasteiger partial charge in [-0.25, -0.2) is 4.98 Å². The van der Waals surface area contributed by atoms with Crippen molar-refractivity contribution >= 4 is 28.8 Å². The van der Waals surface area contributed by atoms with Crippen molar-refractivity contribution < 1.29 is 19.2 Å². The second-order valence-corrected chi connectivity index (χ2v) is 5.77. The Morgan fingerprint density at radius 3 is 2.31 bits per heavy atom. The van der Waals surface area contributed by atoms with E-state index in [4.69, 9.17) is 9.47 Å². The number of aromatic nitrogens is 2. The van der Waals surface area contributed by atoms with Gasteiger partial charge in [-0.2, -0.15) is 4.98 Å². The van der Waals surface area contributed by atoms with Crippen LogP contribution in [0, 0.1) is 10.1 Å². The van der Waals surface area contributed by atoms with Gasteiger partial charge in [0, 0.05) is 18.3 Å². The molecule has 2 aromatic carbocycles. The summed E-state index contributed by atoms with van der Waals surface area (Å²) in [5, 5.41) is 17.2. The highest BCUT2D eigenvalue weighted by molar-refractivity contribution is 5.88. The SMILES string of the molecule is COc1ccccc1Oc1ncnc(Nc2ccc(NC(C)=O)cc2)c1[N+](=O)[O-]. The fourth-order valence-corrected chi connectivity index (χ4v) is 2.48. The molecule has 0 saturated heterocycles. The van der Waals surface area contributed by atoms with E-state index in [0.717, 1.165) is 6.33 Å². The Hall–Kier alpha value is -4.21. The molecule has 0 saturated carbocycles. The monoisotopic (exact) mass is 395 g/mol. The van der Waals surface area contributed by atoms with Crippen LogP contribution in [-0.4, -0.2) is 27.9 Å². The molecule has 1 amide bonds. The van der Waals surface area contributed by atoms with Gasteiger partial charge >= 0.3 is 11.6 Å². The standard InChI is InChI=1S/C19H17N5O5/c1-12(25)22-13-7-9-14(10-8-13)23-18-17(24(26)27)19(21-11-20-18)29-16-6-4-3-5-15(16)28-2/h3-11H,1-2H3,(H,22,25)(H,20,21,23). The number of hydrogen-bond acceptors (Lipinski definition) is 8. The Labute approximate surface area is 165 Å². The fraction of sp³-hybridized carbons (Fsp3) is 0.105. The molecule has 148 valence electrons. The van der Waals surface area contributed by atoms with Gasteiger partial charge in [0.2, 0.25) is 11.7 Å². The summed E-state index contributed by atoms with van der Waals surface area (Å²) in [6, 6.07) is 13.3. The predicted octanol–water partition coefficient (Wildman–Crippen LogP) is 3.89. The molecule has 0 fully saturated rings. The number of carbonyl (C=O) groups excluding carboxylic acids is 1. The van der Waals surface area contributed by atoms with Gasteiger partial charge in [-0.1, -0.05) is 12.1 Å². The van der Waals surface area contributed by atoms with Crippen LogP contribution >= 0.6 is 0 Å². The van der Waals surface area contributed by atoms with E-state index in [9.17, 15) is 14.9 Å². The number of benzene rings is 2. The minimum atomic E-state index is -0.626. The number of para-hydroxylation sites is 2. The summed E-state index contributed by atoms with van der Waals surface area (Å²) in [7, 11) is 1.47. The van der Waals surface area contributed by atoms with E-state index in [2.05, 4.69) is 20.6 Å². The van der Waals surface area contributed by atoms with E-state index in [1.165, 1.54) is 14.0 Å². The van der Waals surface area contributed by atoms with Crippen molar-refractivity contribution in [1.82, 2.24) is 9.97 Å². The van der Waals surface area contributed by atoms with Crippen molar-refractivity contribution in [2.24, 2.45) is 0 Å². The van der Waals surface area contributed by atoms with Crippen LogP contribution in [0.1, 0.15) is 6.92 Å². The first-order valence-corrected chi connectivity index (χ1v) is 8.43. The number of rotatable bonds is 7. The highest BCUT2D eigenvalue weighted by Crippen LogP contribution is 2.38. The molecule has 0 aliphatic rings. The highest BCUT2D eigenvalue weighted by Gasteiger charge is 2.26. The van der Waals surface area contributed by atoms with Gasteiger partial charge in [0.1, 0.15) is 6.33 Å². The average molecular weight is 395 g/mol. The van der Waals surface area contributed by atoms with Crippen LogP contribution in [0.25, 0.3) is 0 Å². The first kappa shape index (κ1) is 19.5. The molecule has 0 bridgehead atoms. The van der Waals surface area contributed by atoms with Gasteiger partial charge < -0.3 is 20.1 Å². The molecule has 0 aliphatic heterocycles. The Morgan fingerprint density at radius 1 is 1.03 bits per heavy atom. The molecule has 3 aromatic rings. The van der Waals surface area contributed by atoms with Crippen molar-refractivity contribution in [2.45, 2.75) is 6.92 Å². The van der Waals surface area contributed by atoms with Crippen LogP contribution in [-0.2, 0) is 4.79 Å². The van der Waals surface area contributed by atoms with Gasteiger partial charge in [-0.15, -0.1) is 0 Å². The number of carbonyl (C=O) groups is 1. The Balaban J connectivity index is 1.91. The molecule has 10 heteroatoms. The Kier molecular flexibility index (Phi) is 5.83. The molecule has 0 aliphatic carbocycles. The molecule has 1 aromatic heterocycles. The molecule has 0 atom stereocenters. The molecule has 0 radical (unpaired) electrons. The first-order chi connectivity index (χ1) is 14.0. The van der Waals surface area contributed by atoms with Crippen molar-refractivity contribution in [2.75, 3.05) is 17.7 Å². The summed E-state index contributed by atoms with van der Waals surface area (Å²) in [5.74, 6) is 0.218. The zero-order chi connectivity index (χ0) is 20.8. The lowest BCUT2D eigenvalue weighted by atomic mass is 10.2. The fourth-order valence-electron chi connectivity index (χ4n) is 2.48. The zero-order valence-corrected chi connectivity index (χ0v) is 15.6. The van der Waals surface area contributed by atoms with Crippen molar-refractivity contribution in [3.8, 4) is 17.4 Å². The lowest BCUT2D eigenvalue weighted by Gasteiger charge is -2.11. The quantitative estimate of drug-likeness (QED) is 0.455. The lowest BCUT2D eigenvalue weighted by Crippen LogP contribution is -2.06. The summed E-state index contributed by atoms with van der Waals surface area (Å²) < 4.78 is 10.8. The summed E-state index contributed by atoms with van der Waals surface area (Å²) >= 11 is 0. The van der Waals surface area contributed by atoms with Gasteiger partial charge in [-0.05, 0) is 36.4 Å². The number of hydrogen-bond donors (Lipinski definition) is 2. The third-order valence-corrected chi connectivity index (χ3v) is 3.71. The molecule has 0 spiro atoms. The number of anilines is 3. The highest BCUT2D eigenvalue weighted by atomic mass is 16.6. The van der Waals surface area contributed by atoms with Crippen LogP contribution < -0.4 is 20.1 Å². The Morgan fingerprint density at radius 2 is 1.69 bits per heavy atom. The normalized spacial score (nSPS) is 10.1. The predicted molar refractivity (Wildman–Crippen MR) is 106 cm³/mol. The van der Waals surface area contributed by atoms with Gasteiger partial charge in [0.25, 0.3) is 0 Å². The second-order valence-electron chi connectivity index (χ2n) is 5.77. The summed E-state index contributed by atoms with van der Waals surface area (Å²) in [6.45, 7) is 1.40. The third-order valence-electron chi connectivity index (χ3n) is 3.71. The van der Waals surface area contributed by atoms with E-state index in [-0.39, 0.29) is 23.4 Å². The van der Waals surface area contributed by atoms with Crippen LogP contribution in [0.5, 0.6) is 17.4 Å². The maximum absolute atomic E-state index is 11.7. The van der Waals surface area contributed by atoms with Gasteiger partial charge in [-0.3, -0.25) is 14.9 Å². The van der Waals surface area contributed by atoms with E-state index in [0.29, 0.717) is 17.1 Å². The van der Waals surface area contributed by atoms with E-state index in [1.807, 2.05) is 0 Å². The van der Waals surface area contributed by atoms with Crippen molar-refractivity contribution in [1.29, 1.82) is 0 Å². The van der Waals surface area contributed by atoms with Crippen LogP contribution in [0.4, 0.5) is 22.9 Å². The topological polar surface area (TPSA) is 129 Å². The smallest absolute Gasteiger partial charge is 0.373 e. The molecule has 29 heavy (non-hydrogen) atoms. The van der Waals surface area contributed by atoms with E-state index in [1.54, 1.807) is 48.5 Å². The minimum Gasteiger partial charge on any atom is -0.493 e. The van der Waals surface area contributed by atoms with Crippen LogP contribution in [0.3, 0.4) is 0 Å². The molecule has 2 N–H and O–H groups in total. The van der Waals surface area contributed by atoms with E-state index < -0.39 is 10.6 Å². The van der Waals surface area contributed by atoms with Crippen LogP contribution in [0.15, 0.2) is 54.9 Å². The van der Waals surface area contributed by atoms with Gasteiger partial charge in [0.15, 0.2) is 11.5 Å². The van der Waals surface area contributed by atoms with Crippen molar-refractivity contribution in [3.63, 3.8) is 0 Å². The minimum absolute atomic E-state index is 0.0397. The van der Waals surface area contributed by atoms with E-state index >= 15 is 0 Å². The molecule has 0 unspecified atom stereocenters. The first-order valence-electron chi connectivity index (χ1n) is 8.43. The zero-order valence-electron chi connectivity index (χ0n) is 15.6. The summed E-state index contributed by atoms with van der Waals surface area (Å²) in [6.07, 6.45) is 1.16. The maximum Gasteiger partial charge on any atom is 0.373 e. The van der Waals surface area contributed by atoms with Crippen molar-refractivity contribution in [3.05, 3.63) is 65.0 Å². The molecule has 1 heterocycles. The number of amides is 1. The second kappa shape index (κ2) is 8.65. The number of methoxy groups -OCH3 is 1. The lowest BCUT2D eigenvalue weighted by molar-refractivity contribution is -0.385. The summed E-state index contributed by atoms with van der Waals surface area (Å²) in [4.78, 5) is 30.0. The Bertz CT molecular complexity index is 1040. The molecule has 10 nitrogen and oxygen atoms in total. The number of ether oxygens (including phenoxy) is 2. The summed E-state index contributed by atoms with van der Waals surface area (Å²) in [5.41, 5.74) is 0.703. The number of nitrogens with zero attached hydrogens (tertiary/aromatic N) is 3.